The molecule has 0 fully saturated rings. The molecule has 1 aromatic carbocycles. The van der Waals surface area contributed by atoms with Crippen molar-refractivity contribution in [1.29, 1.82) is 0 Å². The zero-order valence-corrected chi connectivity index (χ0v) is 9.81. The van der Waals surface area contributed by atoms with Gasteiger partial charge >= 0.3 is 0 Å². The molecule has 2 rings (SSSR count). The van der Waals surface area contributed by atoms with Crippen molar-refractivity contribution in [2.24, 2.45) is 0 Å². The Balaban J connectivity index is 2.40. The molecule has 1 atom stereocenters. The lowest BCUT2D eigenvalue weighted by Crippen LogP contribution is -2.30. The van der Waals surface area contributed by atoms with Crippen molar-refractivity contribution in [3.05, 3.63) is 28.5 Å². The zero-order valence-electron chi connectivity index (χ0n) is 9.06. The van der Waals surface area contributed by atoms with Crippen molar-refractivity contribution in [3.63, 3.8) is 0 Å². The molecule has 1 unspecified atom stereocenters. The Bertz CT molecular complexity index is 378. The maximum absolute atomic E-state index is 13.7. The summed E-state index contributed by atoms with van der Waals surface area (Å²) in [7, 11) is 0. The van der Waals surface area contributed by atoms with E-state index in [9.17, 15) is 4.39 Å². The maximum Gasteiger partial charge on any atom is 0.147 e. The SMILES string of the molecule is CCC(C)N1CCc2c1ccc(Cl)c2F. The standard InChI is InChI=1S/C12H15ClFN/c1-3-8(2)15-7-6-9-11(15)5-4-10(13)12(9)14/h4-5,8H,3,6-7H2,1-2H3. The highest BCUT2D eigenvalue weighted by Crippen LogP contribution is 2.34. The first-order valence-corrected chi connectivity index (χ1v) is 5.76. The molecule has 82 valence electrons. The smallest absolute Gasteiger partial charge is 0.147 e. The third-order valence-corrected chi connectivity index (χ3v) is 3.50. The van der Waals surface area contributed by atoms with Gasteiger partial charge < -0.3 is 4.90 Å². The highest BCUT2D eigenvalue weighted by atomic mass is 35.5. The van der Waals surface area contributed by atoms with Crippen molar-refractivity contribution in [1.82, 2.24) is 0 Å². The zero-order chi connectivity index (χ0) is 11.0. The van der Waals surface area contributed by atoms with E-state index in [0.717, 1.165) is 30.6 Å². The number of hydrogen-bond donors (Lipinski definition) is 0. The van der Waals surface area contributed by atoms with Crippen LogP contribution >= 0.6 is 11.6 Å². The number of hydrogen-bond acceptors (Lipinski definition) is 1. The van der Waals surface area contributed by atoms with Gasteiger partial charge in [0.05, 0.1) is 5.02 Å². The van der Waals surface area contributed by atoms with Gasteiger partial charge in [-0.1, -0.05) is 18.5 Å². The fourth-order valence-corrected chi connectivity index (χ4v) is 2.30. The molecule has 0 bridgehead atoms. The Kier molecular flexibility index (Phi) is 2.87. The lowest BCUT2D eigenvalue weighted by Gasteiger charge is -2.26. The Hall–Kier alpha value is -0.760. The number of benzene rings is 1. The molecular weight excluding hydrogens is 213 g/mol. The molecule has 0 radical (unpaired) electrons. The lowest BCUT2D eigenvalue weighted by atomic mass is 10.1. The molecule has 0 amide bonds. The molecule has 0 saturated heterocycles. The highest BCUT2D eigenvalue weighted by Gasteiger charge is 2.25. The Labute approximate surface area is 94.8 Å². The van der Waals surface area contributed by atoms with Crippen LogP contribution in [0.4, 0.5) is 10.1 Å². The maximum atomic E-state index is 13.7. The van der Waals surface area contributed by atoms with E-state index < -0.39 is 0 Å². The topological polar surface area (TPSA) is 3.24 Å². The number of fused-ring (bicyclic) bond motifs is 1. The third kappa shape index (κ3) is 1.71. The summed E-state index contributed by atoms with van der Waals surface area (Å²) < 4.78 is 13.7. The second-order valence-electron chi connectivity index (χ2n) is 4.06. The summed E-state index contributed by atoms with van der Waals surface area (Å²) in [5, 5.41) is 0.236. The van der Waals surface area contributed by atoms with Crippen molar-refractivity contribution < 1.29 is 4.39 Å². The molecule has 1 aliphatic rings. The second-order valence-corrected chi connectivity index (χ2v) is 4.47. The second kappa shape index (κ2) is 4.01. The van der Waals surface area contributed by atoms with Crippen LogP contribution in [-0.4, -0.2) is 12.6 Å². The molecule has 1 heterocycles. The van der Waals surface area contributed by atoms with Crippen molar-refractivity contribution in [2.45, 2.75) is 32.7 Å². The van der Waals surface area contributed by atoms with E-state index in [0.29, 0.717) is 6.04 Å². The molecule has 15 heavy (non-hydrogen) atoms. The Morgan fingerprint density at radius 1 is 1.53 bits per heavy atom. The molecule has 1 aliphatic heterocycles. The van der Waals surface area contributed by atoms with Crippen LogP contribution in [0.2, 0.25) is 5.02 Å². The van der Waals surface area contributed by atoms with Crippen LogP contribution in [0.5, 0.6) is 0 Å². The van der Waals surface area contributed by atoms with Crippen molar-refractivity contribution in [3.8, 4) is 0 Å². The van der Waals surface area contributed by atoms with Gasteiger partial charge in [-0.25, -0.2) is 4.39 Å². The molecule has 0 saturated carbocycles. The average molecular weight is 228 g/mol. The third-order valence-electron chi connectivity index (χ3n) is 3.21. The summed E-state index contributed by atoms with van der Waals surface area (Å²) in [4.78, 5) is 2.26. The average Bonchev–Trinajstić information content (AvgIpc) is 2.66. The molecule has 3 heteroatoms. The van der Waals surface area contributed by atoms with E-state index >= 15 is 0 Å². The normalized spacial score (nSPS) is 16.7. The summed E-state index contributed by atoms with van der Waals surface area (Å²) in [6, 6.07) is 4.04. The first-order chi connectivity index (χ1) is 7.15. The highest BCUT2D eigenvalue weighted by molar-refractivity contribution is 6.30. The fourth-order valence-electron chi connectivity index (χ4n) is 2.12. The fraction of sp³-hybridized carbons (Fsp3) is 0.500. The van der Waals surface area contributed by atoms with E-state index in [4.69, 9.17) is 11.6 Å². The van der Waals surface area contributed by atoms with Gasteiger partial charge in [0.15, 0.2) is 0 Å². The van der Waals surface area contributed by atoms with Crippen molar-refractivity contribution in [2.75, 3.05) is 11.4 Å². The van der Waals surface area contributed by atoms with Gasteiger partial charge in [-0.3, -0.25) is 0 Å². The van der Waals surface area contributed by atoms with Crippen molar-refractivity contribution >= 4 is 17.3 Å². The molecule has 1 nitrogen and oxygen atoms in total. The first-order valence-electron chi connectivity index (χ1n) is 5.38. The van der Waals surface area contributed by atoms with E-state index in [1.54, 1.807) is 6.07 Å². The van der Waals surface area contributed by atoms with Crippen LogP contribution < -0.4 is 4.90 Å². The van der Waals surface area contributed by atoms with Crippen LogP contribution in [0.3, 0.4) is 0 Å². The van der Waals surface area contributed by atoms with Crippen LogP contribution in [0.1, 0.15) is 25.8 Å². The monoisotopic (exact) mass is 227 g/mol. The molecule has 0 N–H and O–H groups in total. The Morgan fingerprint density at radius 2 is 2.27 bits per heavy atom. The van der Waals surface area contributed by atoms with E-state index in [1.165, 1.54) is 0 Å². The molecule has 0 aromatic heterocycles. The summed E-state index contributed by atoms with van der Waals surface area (Å²) in [5.74, 6) is -0.236. The van der Waals surface area contributed by atoms with Crippen LogP contribution in [0.15, 0.2) is 12.1 Å². The van der Waals surface area contributed by atoms with E-state index in [-0.39, 0.29) is 10.8 Å². The summed E-state index contributed by atoms with van der Waals surface area (Å²) in [5.41, 5.74) is 1.80. The predicted molar refractivity (Wildman–Crippen MR) is 62.2 cm³/mol. The van der Waals surface area contributed by atoms with Gasteiger partial charge in [0.25, 0.3) is 0 Å². The van der Waals surface area contributed by atoms with Gasteiger partial charge in [0.2, 0.25) is 0 Å². The van der Waals surface area contributed by atoms with Gasteiger partial charge in [0.1, 0.15) is 5.82 Å². The summed E-state index contributed by atoms with van der Waals surface area (Å²) in [6.07, 6.45) is 1.84. The molecule has 0 spiro atoms. The summed E-state index contributed by atoms with van der Waals surface area (Å²) >= 11 is 5.76. The Morgan fingerprint density at radius 3 is 2.93 bits per heavy atom. The number of halogens is 2. The van der Waals surface area contributed by atoms with Crippen LogP contribution in [-0.2, 0) is 6.42 Å². The van der Waals surface area contributed by atoms with Gasteiger partial charge in [-0.2, -0.15) is 0 Å². The number of rotatable bonds is 2. The van der Waals surface area contributed by atoms with Gasteiger partial charge in [-0.05, 0) is 31.9 Å². The summed E-state index contributed by atoms with van der Waals surface area (Å²) in [6.45, 7) is 5.22. The number of anilines is 1. The number of nitrogens with zero attached hydrogens (tertiary/aromatic N) is 1. The first kappa shape index (κ1) is 10.7. The largest absolute Gasteiger partial charge is 0.368 e. The predicted octanol–water partition coefficient (Wildman–Crippen LogP) is 3.64. The minimum atomic E-state index is -0.236. The minimum Gasteiger partial charge on any atom is -0.368 e. The van der Waals surface area contributed by atoms with E-state index in [2.05, 4.69) is 18.7 Å². The quantitative estimate of drug-likeness (QED) is 0.746. The molecule has 1 aromatic rings. The van der Waals surface area contributed by atoms with Gasteiger partial charge in [-0.15, -0.1) is 0 Å². The molecular formula is C12H15ClFN. The van der Waals surface area contributed by atoms with Gasteiger partial charge in [0, 0.05) is 23.8 Å². The van der Waals surface area contributed by atoms with Crippen LogP contribution in [0, 0.1) is 5.82 Å². The molecule has 0 aliphatic carbocycles. The lowest BCUT2D eigenvalue weighted by molar-refractivity contribution is 0.615. The van der Waals surface area contributed by atoms with Crippen LogP contribution in [0.25, 0.3) is 0 Å². The minimum absolute atomic E-state index is 0.236. The van der Waals surface area contributed by atoms with E-state index in [1.807, 2.05) is 6.07 Å².